The van der Waals surface area contributed by atoms with Crippen molar-refractivity contribution in [1.82, 2.24) is 0 Å². The summed E-state index contributed by atoms with van der Waals surface area (Å²) in [6, 6.07) is 7.59. The molecule has 0 aliphatic carbocycles. The predicted octanol–water partition coefficient (Wildman–Crippen LogP) is 3.47. The van der Waals surface area contributed by atoms with Gasteiger partial charge in [-0.25, -0.2) is 0 Å². The van der Waals surface area contributed by atoms with Gasteiger partial charge in [-0.15, -0.1) is 0 Å². The normalized spacial score (nSPS) is 9.29. The second-order valence-corrected chi connectivity index (χ2v) is 2.88. The summed E-state index contributed by atoms with van der Waals surface area (Å²) in [7, 11) is 0. The molecule has 0 saturated carbocycles. The molecule has 1 aromatic carbocycles. The molecule has 0 unspecified atom stereocenters. The van der Waals surface area contributed by atoms with Crippen molar-refractivity contribution < 1.29 is 0 Å². The molecule has 0 saturated heterocycles. The number of benzene rings is 1. The first kappa shape index (κ1) is 10.4. The van der Waals surface area contributed by atoms with Crippen LogP contribution in [0, 0.1) is 0 Å². The van der Waals surface area contributed by atoms with E-state index >= 15 is 0 Å². The first-order chi connectivity index (χ1) is 6.81. The van der Waals surface area contributed by atoms with Crippen molar-refractivity contribution in [2.75, 3.05) is 18.0 Å². The minimum absolute atomic E-state index is 0.656. The summed E-state index contributed by atoms with van der Waals surface area (Å²) in [5.41, 5.74) is 10.1. The minimum Gasteiger partial charge on any atom is -0.372 e. The fraction of sp³-hybridized carbons (Fsp3) is 0.400. The summed E-state index contributed by atoms with van der Waals surface area (Å²) in [6.07, 6.45) is 0. The highest BCUT2D eigenvalue weighted by molar-refractivity contribution is 5.52. The predicted molar refractivity (Wildman–Crippen MR) is 58.8 cm³/mol. The number of hydrogen-bond acceptors (Lipinski definition) is 2. The highest BCUT2D eigenvalue weighted by Gasteiger charge is 1.99. The second kappa shape index (κ2) is 5.14. The number of anilines is 1. The van der Waals surface area contributed by atoms with E-state index in [1.54, 1.807) is 0 Å². The topological polar surface area (TPSA) is 52.0 Å². The van der Waals surface area contributed by atoms with Crippen molar-refractivity contribution in [3.8, 4) is 0 Å². The van der Waals surface area contributed by atoms with Gasteiger partial charge in [-0.05, 0) is 31.5 Å². The monoisotopic (exact) mass is 190 g/mol. The van der Waals surface area contributed by atoms with Crippen LogP contribution >= 0.6 is 0 Å². The number of rotatable bonds is 4. The lowest BCUT2D eigenvalue weighted by Crippen LogP contribution is -2.21. The molecular formula is C10H14N4. The van der Waals surface area contributed by atoms with Crippen molar-refractivity contribution in [2.45, 2.75) is 13.8 Å². The summed E-state index contributed by atoms with van der Waals surface area (Å²) in [6.45, 7) is 6.20. The molecule has 74 valence electrons. The zero-order valence-corrected chi connectivity index (χ0v) is 8.51. The third kappa shape index (κ3) is 2.41. The van der Waals surface area contributed by atoms with Gasteiger partial charge in [0, 0.05) is 29.4 Å². The fourth-order valence-corrected chi connectivity index (χ4v) is 1.37. The van der Waals surface area contributed by atoms with Crippen molar-refractivity contribution in [1.29, 1.82) is 0 Å². The largest absolute Gasteiger partial charge is 0.372 e. The number of hydrogen-bond donors (Lipinski definition) is 0. The molecule has 0 radical (unpaired) electrons. The second-order valence-electron chi connectivity index (χ2n) is 2.88. The Bertz CT molecular complexity index is 320. The van der Waals surface area contributed by atoms with Gasteiger partial charge >= 0.3 is 0 Å². The Labute approximate surface area is 83.8 Å². The smallest absolute Gasteiger partial charge is 0.0376 e. The van der Waals surface area contributed by atoms with Crippen LogP contribution in [-0.2, 0) is 0 Å². The quantitative estimate of drug-likeness (QED) is 0.407. The maximum absolute atomic E-state index is 8.24. The van der Waals surface area contributed by atoms with E-state index in [0.717, 1.165) is 18.8 Å². The van der Waals surface area contributed by atoms with Crippen LogP contribution in [0.15, 0.2) is 29.4 Å². The van der Waals surface area contributed by atoms with Gasteiger partial charge in [0.15, 0.2) is 0 Å². The van der Waals surface area contributed by atoms with Gasteiger partial charge in [0.1, 0.15) is 0 Å². The molecule has 1 rings (SSSR count). The molecule has 0 amide bonds. The molecule has 14 heavy (non-hydrogen) atoms. The van der Waals surface area contributed by atoms with E-state index in [1.807, 2.05) is 24.3 Å². The SMILES string of the molecule is CCN(CC)c1ccc(N=[N+]=[N-])cc1. The Morgan fingerprint density at radius 2 is 1.79 bits per heavy atom. The molecular weight excluding hydrogens is 176 g/mol. The van der Waals surface area contributed by atoms with Crippen LogP contribution in [0.3, 0.4) is 0 Å². The molecule has 0 aliphatic rings. The van der Waals surface area contributed by atoms with Crippen molar-refractivity contribution in [3.63, 3.8) is 0 Å². The molecule has 0 aromatic heterocycles. The summed E-state index contributed by atoms with van der Waals surface area (Å²) >= 11 is 0. The molecule has 4 nitrogen and oxygen atoms in total. The van der Waals surface area contributed by atoms with Gasteiger partial charge in [0.25, 0.3) is 0 Å². The van der Waals surface area contributed by atoms with E-state index in [4.69, 9.17) is 5.53 Å². The maximum Gasteiger partial charge on any atom is 0.0376 e. The average molecular weight is 190 g/mol. The van der Waals surface area contributed by atoms with E-state index in [1.165, 1.54) is 0 Å². The maximum atomic E-state index is 8.24. The minimum atomic E-state index is 0.656. The first-order valence-electron chi connectivity index (χ1n) is 4.72. The summed E-state index contributed by atoms with van der Waals surface area (Å²) in [5, 5.41) is 3.52. The molecule has 0 bridgehead atoms. The summed E-state index contributed by atoms with van der Waals surface area (Å²) in [5.74, 6) is 0. The van der Waals surface area contributed by atoms with Gasteiger partial charge in [-0.2, -0.15) is 0 Å². The van der Waals surface area contributed by atoms with Gasteiger partial charge < -0.3 is 4.90 Å². The fourth-order valence-electron chi connectivity index (χ4n) is 1.37. The van der Waals surface area contributed by atoms with Crippen LogP contribution in [0.5, 0.6) is 0 Å². The van der Waals surface area contributed by atoms with Crippen molar-refractivity contribution in [3.05, 3.63) is 34.7 Å². The molecule has 0 fully saturated rings. The van der Waals surface area contributed by atoms with E-state index in [0.29, 0.717) is 5.69 Å². The molecule has 0 heterocycles. The van der Waals surface area contributed by atoms with E-state index in [-0.39, 0.29) is 0 Å². The summed E-state index contributed by atoms with van der Waals surface area (Å²) in [4.78, 5) is 4.97. The lowest BCUT2D eigenvalue weighted by Gasteiger charge is -2.20. The van der Waals surface area contributed by atoms with Crippen LogP contribution in [0.2, 0.25) is 0 Å². The molecule has 1 aromatic rings. The van der Waals surface area contributed by atoms with E-state index in [9.17, 15) is 0 Å². The lowest BCUT2D eigenvalue weighted by atomic mass is 10.2. The van der Waals surface area contributed by atoms with Crippen molar-refractivity contribution in [2.24, 2.45) is 5.11 Å². The van der Waals surface area contributed by atoms with Gasteiger partial charge in [0.05, 0.1) is 0 Å². The number of azide groups is 1. The third-order valence-electron chi connectivity index (χ3n) is 2.14. The molecule has 0 atom stereocenters. The Hall–Kier alpha value is -1.67. The van der Waals surface area contributed by atoms with E-state index < -0.39 is 0 Å². The first-order valence-corrected chi connectivity index (χ1v) is 4.72. The highest BCUT2D eigenvalue weighted by Crippen LogP contribution is 2.19. The summed E-state index contributed by atoms with van der Waals surface area (Å²) < 4.78 is 0. The van der Waals surface area contributed by atoms with Gasteiger partial charge in [-0.3, -0.25) is 0 Å². The Kier molecular flexibility index (Phi) is 3.83. The molecule has 4 heteroatoms. The Morgan fingerprint density at radius 1 is 1.21 bits per heavy atom. The molecule has 0 aliphatic heterocycles. The number of nitrogens with zero attached hydrogens (tertiary/aromatic N) is 4. The Morgan fingerprint density at radius 3 is 2.21 bits per heavy atom. The van der Waals surface area contributed by atoms with Crippen LogP contribution in [0.1, 0.15) is 13.8 Å². The highest BCUT2D eigenvalue weighted by atomic mass is 15.1. The average Bonchev–Trinajstić information content (AvgIpc) is 2.23. The van der Waals surface area contributed by atoms with Gasteiger partial charge in [0.2, 0.25) is 0 Å². The van der Waals surface area contributed by atoms with Gasteiger partial charge in [-0.1, -0.05) is 17.2 Å². The van der Waals surface area contributed by atoms with Crippen molar-refractivity contribution >= 4 is 11.4 Å². The van der Waals surface area contributed by atoms with E-state index in [2.05, 4.69) is 28.8 Å². The molecule has 0 spiro atoms. The zero-order valence-electron chi connectivity index (χ0n) is 8.51. The lowest BCUT2D eigenvalue weighted by molar-refractivity contribution is 0.866. The van der Waals surface area contributed by atoms with Crippen LogP contribution in [-0.4, -0.2) is 13.1 Å². The van der Waals surface area contributed by atoms with Crippen LogP contribution in [0.4, 0.5) is 11.4 Å². The third-order valence-corrected chi connectivity index (χ3v) is 2.14. The van der Waals surface area contributed by atoms with Crippen LogP contribution < -0.4 is 4.90 Å². The molecule has 0 N–H and O–H groups in total. The standard InChI is InChI=1S/C10H14N4/c1-3-14(4-2)10-7-5-9(6-8-10)12-13-11/h5-8H,3-4H2,1-2H3. The Balaban J connectivity index is 2.86. The van der Waals surface area contributed by atoms with Crippen LogP contribution in [0.25, 0.3) is 10.4 Å². The zero-order chi connectivity index (χ0) is 10.4.